The van der Waals surface area contributed by atoms with E-state index < -0.39 is 0 Å². The van der Waals surface area contributed by atoms with Gasteiger partial charge in [-0.1, -0.05) is 54.6 Å². The fourth-order valence-electron chi connectivity index (χ4n) is 3.96. The second kappa shape index (κ2) is 7.02. The molecule has 29 heavy (non-hydrogen) atoms. The highest BCUT2D eigenvalue weighted by atomic mass is 15.1. The van der Waals surface area contributed by atoms with Crippen LogP contribution in [0.1, 0.15) is 11.1 Å². The lowest BCUT2D eigenvalue weighted by Gasteiger charge is -2.15. The van der Waals surface area contributed by atoms with Gasteiger partial charge in [0.2, 0.25) is 0 Å². The largest absolute Gasteiger partial charge is 0.292 e. The molecule has 0 spiro atoms. The summed E-state index contributed by atoms with van der Waals surface area (Å²) in [5, 5.41) is 0. The molecule has 0 saturated heterocycles. The summed E-state index contributed by atoms with van der Waals surface area (Å²) >= 11 is 0. The van der Waals surface area contributed by atoms with Crippen molar-refractivity contribution < 1.29 is 0 Å². The number of aryl methyl sites for hydroxylation is 2. The van der Waals surface area contributed by atoms with E-state index in [1.807, 2.05) is 30.5 Å². The third-order valence-electron chi connectivity index (χ3n) is 5.31. The summed E-state index contributed by atoms with van der Waals surface area (Å²) in [5.41, 5.74) is 8.89. The third-order valence-corrected chi connectivity index (χ3v) is 5.31. The highest BCUT2D eigenvalue weighted by molar-refractivity contribution is 5.84. The minimum atomic E-state index is 0.946. The van der Waals surface area contributed by atoms with E-state index in [9.17, 15) is 0 Å². The SMILES string of the molecule is Cc1cccc(C)c1-n1c(-c2cccc(-c3ccccn3)c2)nc2ccccc21. The van der Waals surface area contributed by atoms with E-state index in [1.54, 1.807) is 0 Å². The fraction of sp³-hybridized carbons (Fsp3) is 0.0769. The molecular formula is C26H21N3. The van der Waals surface area contributed by atoms with Crippen molar-refractivity contribution in [3.8, 4) is 28.3 Å². The molecule has 0 bridgehead atoms. The number of imidazole rings is 1. The molecule has 0 N–H and O–H groups in total. The number of fused-ring (bicyclic) bond motifs is 1. The summed E-state index contributed by atoms with van der Waals surface area (Å²) < 4.78 is 2.29. The third kappa shape index (κ3) is 3.01. The van der Waals surface area contributed by atoms with Gasteiger partial charge < -0.3 is 0 Å². The number of hydrogen-bond acceptors (Lipinski definition) is 2. The van der Waals surface area contributed by atoms with Gasteiger partial charge in [-0.05, 0) is 55.3 Å². The fourth-order valence-corrected chi connectivity index (χ4v) is 3.96. The van der Waals surface area contributed by atoms with Crippen molar-refractivity contribution in [1.82, 2.24) is 14.5 Å². The Morgan fingerprint density at radius 1 is 0.690 bits per heavy atom. The summed E-state index contributed by atoms with van der Waals surface area (Å²) in [5.74, 6) is 0.946. The van der Waals surface area contributed by atoms with Crippen LogP contribution in [0.3, 0.4) is 0 Å². The lowest BCUT2D eigenvalue weighted by Crippen LogP contribution is -2.02. The van der Waals surface area contributed by atoms with E-state index in [-0.39, 0.29) is 0 Å². The number of aromatic nitrogens is 3. The molecule has 0 aliphatic heterocycles. The summed E-state index contributed by atoms with van der Waals surface area (Å²) in [6.45, 7) is 4.32. The van der Waals surface area contributed by atoms with Gasteiger partial charge in [0.25, 0.3) is 0 Å². The van der Waals surface area contributed by atoms with Crippen molar-refractivity contribution in [3.05, 3.63) is 102 Å². The summed E-state index contributed by atoms with van der Waals surface area (Å²) in [7, 11) is 0. The quantitative estimate of drug-likeness (QED) is 0.367. The second-order valence-electron chi connectivity index (χ2n) is 7.30. The molecule has 3 nitrogen and oxygen atoms in total. The molecule has 0 unspecified atom stereocenters. The second-order valence-corrected chi connectivity index (χ2v) is 7.30. The van der Waals surface area contributed by atoms with Crippen molar-refractivity contribution in [2.45, 2.75) is 13.8 Å². The molecule has 5 rings (SSSR count). The standard InChI is InChI=1S/C26H21N3/c1-18-9-7-10-19(2)25(18)29-24-15-4-3-14-23(24)28-26(29)21-12-8-11-20(17-21)22-13-5-6-16-27-22/h3-17H,1-2H3. The lowest BCUT2D eigenvalue weighted by atomic mass is 10.1. The minimum absolute atomic E-state index is 0.946. The number of pyridine rings is 1. The number of benzene rings is 3. The van der Waals surface area contributed by atoms with Gasteiger partial charge in [-0.15, -0.1) is 0 Å². The lowest BCUT2D eigenvalue weighted by molar-refractivity contribution is 1.06. The first-order chi connectivity index (χ1) is 14.2. The van der Waals surface area contributed by atoms with Crippen LogP contribution in [0.5, 0.6) is 0 Å². The van der Waals surface area contributed by atoms with E-state index in [0.717, 1.165) is 33.7 Å². The average Bonchev–Trinajstić information content (AvgIpc) is 3.14. The van der Waals surface area contributed by atoms with E-state index >= 15 is 0 Å². The molecule has 140 valence electrons. The van der Waals surface area contributed by atoms with Crippen LogP contribution in [0, 0.1) is 13.8 Å². The van der Waals surface area contributed by atoms with Crippen LogP contribution in [-0.2, 0) is 0 Å². The number of hydrogen-bond donors (Lipinski definition) is 0. The Morgan fingerprint density at radius 2 is 1.41 bits per heavy atom. The molecule has 2 heterocycles. The zero-order valence-corrected chi connectivity index (χ0v) is 16.5. The first kappa shape index (κ1) is 17.4. The molecule has 0 radical (unpaired) electrons. The predicted molar refractivity (Wildman–Crippen MR) is 119 cm³/mol. The maximum absolute atomic E-state index is 5.02. The van der Waals surface area contributed by atoms with Crippen LogP contribution in [0.4, 0.5) is 0 Å². The number of para-hydroxylation sites is 3. The first-order valence-electron chi connectivity index (χ1n) is 9.78. The van der Waals surface area contributed by atoms with Crippen LogP contribution in [0.25, 0.3) is 39.4 Å². The molecule has 0 aliphatic carbocycles. The highest BCUT2D eigenvalue weighted by Gasteiger charge is 2.17. The van der Waals surface area contributed by atoms with Crippen LogP contribution in [0.2, 0.25) is 0 Å². The van der Waals surface area contributed by atoms with E-state index in [0.29, 0.717) is 0 Å². The molecule has 0 saturated carbocycles. The molecule has 3 aromatic carbocycles. The Labute approximate surface area is 170 Å². The Hall–Kier alpha value is -3.72. The van der Waals surface area contributed by atoms with Crippen molar-refractivity contribution in [2.75, 3.05) is 0 Å². The van der Waals surface area contributed by atoms with Gasteiger partial charge in [0.05, 0.1) is 22.4 Å². The van der Waals surface area contributed by atoms with Gasteiger partial charge in [-0.25, -0.2) is 4.98 Å². The molecule has 0 amide bonds. The van der Waals surface area contributed by atoms with Gasteiger partial charge in [-0.3, -0.25) is 9.55 Å². The summed E-state index contributed by atoms with van der Waals surface area (Å²) in [6.07, 6.45) is 1.83. The first-order valence-corrected chi connectivity index (χ1v) is 9.78. The Bertz CT molecular complexity index is 1300. The molecule has 0 aliphatic rings. The van der Waals surface area contributed by atoms with Gasteiger partial charge >= 0.3 is 0 Å². The zero-order chi connectivity index (χ0) is 19.8. The highest BCUT2D eigenvalue weighted by Crippen LogP contribution is 2.33. The number of nitrogens with zero attached hydrogens (tertiary/aromatic N) is 3. The smallest absolute Gasteiger partial charge is 0.145 e. The molecule has 5 aromatic rings. The maximum atomic E-state index is 5.02. The summed E-state index contributed by atoms with van der Waals surface area (Å²) in [4.78, 5) is 9.53. The number of rotatable bonds is 3. The van der Waals surface area contributed by atoms with Crippen LogP contribution in [-0.4, -0.2) is 14.5 Å². The monoisotopic (exact) mass is 375 g/mol. The molecule has 0 fully saturated rings. The van der Waals surface area contributed by atoms with Crippen LogP contribution >= 0.6 is 0 Å². The Morgan fingerprint density at radius 3 is 2.21 bits per heavy atom. The summed E-state index contributed by atoms with van der Waals surface area (Å²) in [6, 6.07) is 29.2. The van der Waals surface area contributed by atoms with Crippen molar-refractivity contribution in [3.63, 3.8) is 0 Å². The van der Waals surface area contributed by atoms with Crippen molar-refractivity contribution in [1.29, 1.82) is 0 Å². The maximum Gasteiger partial charge on any atom is 0.145 e. The van der Waals surface area contributed by atoms with Crippen LogP contribution < -0.4 is 0 Å². The normalized spacial score (nSPS) is 11.1. The van der Waals surface area contributed by atoms with Gasteiger partial charge in [0.1, 0.15) is 5.82 Å². The predicted octanol–water partition coefficient (Wildman–Crippen LogP) is 6.37. The zero-order valence-electron chi connectivity index (χ0n) is 16.5. The van der Waals surface area contributed by atoms with E-state index in [4.69, 9.17) is 4.98 Å². The topological polar surface area (TPSA) is 30.7 Å². The minimum Gasteiger partial charge on any atom is -0.292 e. The molecule has 3 heteroatoms. The van der Waals surface area contributed by atoms with Gasteiger partial charge in [-0.2, -0.15) is 0 Å². The average molecular weight is 375 g/mol. The Balaban J connectivity index is 1.79. The van der Waals surface area contributed by atoms with Crippen LogP contribution in [0.15, 0.2) is 91.1 Å². The molecule has 0 atom stereocenters. The van der Waals surface area contributed by atoms with Crippen molar-refractivity contribution in [2.24, 2.45) is 0 Å². The van der Waals surface area contributed by atoms with E-state index in [2.05, 4.69) is 84.1 Å². The van der Waals surface area contributed by atoms with Gasteiger partial charge in [0.15, 0.2) is 0 Å². The Kier molecular flexibility index (Phi) is 4.21. The van der Waals surface area contributed by atoms with E-state index in [1.165, 1.54) is 16.8 Å². The molecule has 2 aromatic heterocycles. The van der Waals surface area contributed by atoms with Crippen molar-refractivity contribution >= 4 is 11.0 Å². The van der Waals surface area contributed by atoms with Gasteiger partial charge in [0, 0.05) is 17.3 Å². The molecular weight excluding hydrogens is 354 g/mol.